The molecule has 0 aromatic heterocycles. The van der Waals surface area contributed by atoms with Crippen LogP contribution in [0.4, 0.5) is 5.69 Å². The Labute approximate surface area is 183 Å². The number of benzene rings is 2. The van der Waals surface area contributed by atoms with Crippen LogP contribution in [0.3, 0.4) is 0 Å². The number of anilines is 1. The van der Waals surface area contributed by atoms with Gasteiger partial charge in [0.1, 0.15) is 0 Å². The molecule has 0 radical (unpaired) electrons. The Kier molecular flexibility index (Phi) is 7.07. The number of nitrogens with one attached hydrogen (secondary N) is 2. The highest BCUT2D eigenvalue weighted by atomic mass is 35.5. The number of hydrogen-bond acceptors (Lipinski definition) is 4. The van der Waals surface area contributed by atoms with E-state index in [1.807, 2.05) is 0 Å². The number of imide groups is 1. The van der Waals surface area contributed by atoms with Crippen molar-refractivity contribution in [3.8, 4) is 0 Å². The maximum Gasteiger partial charge on any atom is 0.255 e. The fourth-order valence-electron chi connectivity index (χ4n) is 3.01. The van der Waals surface area contributed by atoms with Crippen LogP contribution in [0.25, 0.3) is 0 Å². The first-order valence-electron chi connectivity index (χ1n) is 9.32. The highest BCUT2D eigenvalue weighted by Gasteiger charge is 2.27. The number of hydrogen-bond donors (Lipinski definition) is 2. The van der Waals surface area contributed by atoms with Gasteiger partial charge in [0.25, 0.3) is 11.8 Å². The quantitative estimate of drug-likeness (QED) is 0.501. The molecule has 1 fully saturated rings. The maximum absolute atomic E-state index is 12.3. The summed E-state index contributed by atoms with van der Waals surface area (Å²) >= 11 is 11.8. The van der Waals surface area contributed by atoms with Gasteiger partial charge in [-0.05, 0) is 48.9 Å². The molecule has 0 spiro atoms. The zero-order valence-corrected chi connectivity index (χ0v) is 17.4. The van der Waals surface area contributed by atoms with Gasteiger partial charge < -0.3 is 10.6 Å². The van der Waals surface area contributed by atoms with E-state index in [1.54, 1.807) is 24.3 Å². The minimum atomic E-state index is -0.373. The lowest BCUT2D eigenvalue weighted by Gasteiger charge is -2.13. The third-order valence-electron chi connectivity index (χ3n) is 4.53. The number of amides is 4. The third kappa shape index (κ3) is 5.58. The van der Waals surface area contributed by atoms with E-state index in [9.17, 15) is 19.2 Å². The molecule has 1 heterocycles. The van der Waals surface area contributed by atoms with Crippen LogP contribution in [0.5, 0.6) is 0 Å². The molecular weight excluding hydrogens is 429 g/mol. The molecule has 0 aliphatic carbocycles. The summed E-state index contributed by atoms with van der Waals surface area (Å²) in [4.78, 5) is 48.8. The molecular formula is C21H19Cl2N3O4. The van der Waals surface area contributed by atoms with E-state index >= 15 is 0 Å². The van der Waals surface area contributed by atoms with Crippen LogP contribution in [0.2, 0.25) is 10.0 Å². The molecule has 3 rings (SSSR count). The van der Waals surface area contributed by atoms with Gasteiger partial charge in [0.15, 0.2) is 0 Å². The van der Waals surface area contributed by atoms with Gasteiger partial charge in [0.05, 0.1) is 0 Å². The summed E-state index contributed by atoms with van der Waals surface area (Å²) in [6.07, 6.45) is 1.01. The van der Waals surface area contributed by atoms with Gasteiger partial charge in [-0.15, -0.1) is 0 Å². The van der Waals surface area contributed by atoms with Gasteiger partial charge in [-0.3, -0.25) is 24.1 Å². The monoisotopic (exact) mass is 447 g/mol. The molecule has 0 saturated carbocycles. The number of rotatable bonds is 7. The summed E-state index contributed by atoms with van der Waals surface area (Å²) < 4.78 is 0. The van der Waals surface area contributed by atoms with Crippen molar-refractivity contribution in [2.45, 2.75) is 19.3 Å². The van der Waals surface area contributed by atoms with Gasteiger partial charge in [-0.2, -0.15) is 0 Å². The Morgan fingerprint density at radius 1 is 0.867 bits per heavy atom. The van der Waals surface area contributed by atoms with E-state index in [0.29, 0.717) is 46.4 Å². The SMILES string of the molecule is O=C(NCCCN1C(=O)CCC1=O)c1ccc(NC(=O)c2cc(Cl)cc(Cl)c2)cc1. The van der Waals surface area contributed by atoms with Crippen molar-refractivity contribution in [3.63, 3.8) is 0 Å². The molecule has 0 unspecified atom stereocenters. The van der Waals surface area contributed by atoms with Crippen molar-refractivity contribution >= 4 is 52.5 Å². The van der Waals surface area contributed by atoms with Crippen molar-refractivity contribution in [2.24, 2.45) is 0 Å². The summed E-state index contributed by atoms with van der Waals surface area (Å²) in [5, 5.41) is 6.18. The smallest absolute Gasteiger partial charge is 0.255 e. The van der Waals surface area contributed by atoms with Gasteiger partial charge in [0.2, 0.25) is 11.8 Å². The van der Waals surface area contributed by atoms with Crippen LogP contribution in [0.1, 0.15) is 40.0 Å². The van der Waals surface area contributed by atoms with Crippen molar-refractivity contribution in [3.05, 3.63) is 63.6 Å². The lowest BCUT2D eigenvalue weighted by atomic mass is 10.1. The average Bonchev–Trinajstić information content (AvgIpc) is 3.02. The normalized spacial score (nSPS) is 13.5. The third-order valence-corrected chi connectivity index (χ3v) is 4.97. The van der Waals surface area contributed by atoms with Gasteiger partial charge in [0, 0.05) is 52.8 Å². The summed E-state index contributed by atoms with van der Waals surface area (Å²) in [5.74, 6) is -0.982. The van der Waals surface area contributed by atoms with Crippen molar-refractivity contribution in [1.82, 2.24) is 10.2 Å². The second-order valence-corrected chi connectivity index (χ2v) is 7.61. The Morgan fingerprint density at radius 2 is 1.47 bits per heavy atom. The summed E-state index contributed by atoms with van der Waals surface area (Å²) in [7, 11) is 0. The molecule has 4 amide bonds. The number of carbonyl (C=O) groups is 4. The van der Waals surface area contributed by atoms with Crippen LogP contribution in [-0.2, 0) is 9.59 Å². The molecule has 156 valence electrons. The predicted octanol–water partition coefficient (Wildman–Crippen LogP) is 3.51. The van der Waals surface area contributed by atoms with Crippen LogP contribution >= 0.6 is 23.2 Å². The van der Waals surface area contributed by atoms with Crippen LogP contribution in [0.15, 0.2) is 42.5 Å². The zero-order chi connectivity index (χ0) is 21.7. The largest absolute Gasteiger partial charge is 0.352 e. The summed E-state index contributed by atoms with van der Waals surface area (Å²) in [6.45, 7) is 0.639. The Bertz CT molecular complexity index is 956. The van der Waals surface area contributed by atoms with E-state index in [1.165, 1.54) is 23.1 Å². The Hall–Kier alpha value is -2.90. The first-order valence-corrected chi connectivity index (χ1v) is 10.1. The fourth-order valence-corrected chi connectivity index (χ4v) is 3.53. The topological polar surface area (TPSA) is 95.6 Å². The number of nitrogens with zero attached hydrogens (tertiary/aromatic N) is 1. The van der Waals surface area contributed by atoms with Crippen LogP contribution < -0.4 is 10.6 Å². The molecule has 9 heteroatoms. The molecule has 2 N–H and O–H groups in total. The van der Waals surface area contributed by atoms with Crippen molar-refractivity contribution in [1.29, 1.82) is 0 Å². The van der Waals surface area contributed by atoms with Crippen LogP contribution in [0, 0.1) is 0 Å². The van der Waals surface area contributed by atoms with Gasteiger partial charge in [-0.25, -0.2) is 0 Å². The number of likely N-dealkylation sites (tertiary alicyclic amines) is 1. The Balaban J connectivity index is 1.48. The van der Waals surface area contributed by atoms with Gasteiger partial charge >= 0.3 is 0 Å². The molecule has 30 heavy (non-hydrogen) atoms. The number of halogens is 2. The highest BCUT2D eigenvalue weighted by molar-refractivity contribution is 6.35. The molecule has 1 saturated heterocycles. The van der Waals surface area contributed by atoms with Crippen LogP contribution in [-0.4, -0.2) is 41.6 Å². The Morgan fingerprint density at radius 3 is 2.07 bits per heavy atom. The predicted molar refractivity (Wildman–Crippen MR) is 114 cm³/mol. The lowest BCUT2D eigenvalue weighted by molar-refractivity contribution is -0.138. The molecule has 2 aromatic carbocycles. The maximum atomic E-state index is 12.3. The lowest BCUT2D eigenvalue weighted by Crippen LogP contribution is -2.33. The molecule has 1 aliphatic rings. The van der Waals surface area contributed by atoms with Crippen molar-refractivity contribution in [2.75, 3.05) is 18.4 Å². The van der Waals surface area contributed by atoms with Crippen molar-refractivity contribution < 1.29 is 19.2 Å². The molecule has 7 nitrogen and oxygen atoms in total. The highest BCUT2D eigenvalue weighted by Crippen LogP contribution is 2.20. The summed E-state index contributed by atoms with van der Waals surface area (Å²) in [5.41, 5.74) is 1.26. The van der Waals surface area contributed by atoms with E-state index in [4.69, 9.17) is 23.2 Å². The van der Waals surface area contributed by atoms with Gasteiger partial charge in [-0.1, -0.05) is 23.2 Å². The van der Waals surface area contributed by atoms with E-state index in [2.05, 4.69) is 10.6 Å². The van der Waals surface area contributed by atoms with E-state index in [-0.39, 0.29) is 36.5 Å². The molecule has 0 atom stereocenters. The first-order chi connectivity index (χ1) is 14.3. The zero-order valence-electron chi connectivity index (χ0n) is 15.9. The number of carbonyl (C=O) groups excluding carboxylic acids is 4. The second-order valence-electron chi connectivity index (χ2n) is 6.74. The van der Waals surface area contributed by atoms with E-state index < -0.39 is 0 Å². The minimum absolute atomic E-state index is 0.163. The molecule has 0 bridgehead atoms. The summed E-state index contributed by atoms with van der Waals surface area (Å²) in [6, 6.07) is 10.9. The van der Waals surface area contributed by atoms with E-state index in [0.717, 1.165) is 0 Å². The fraction of sp³-hybridized carbons (Fsp3) is 0.238. The second kappa shape index (κ2) is 9.73. The average molecular weight is 448 g/mol. The minimum Gasteiger partial charge on any atom is -0.352 e. The molecule has 1 aliphatic heterocycles. The molecule has 2 aromatic rings. The first kappa shape index (κ1) is 21.8. The standard InChI is InChI=1S/C21H19Cl2N3O4/c22-15-10-14(11-16(23)12-15)21(30)25-17-4-2-13(3-5-17)20(29)24-8-1-9-26-18(27)6-7-19(26)28/h2-5,10-12H,1,6-9H2,(H,24,29)(H,25,30).